The van der Waals surface area contributed by atoms with Gasteiger partial charge in [-0.05, 0) is 80.0 Å². The van der Waals surface area contributed by atoms with E-state index in [0.717, 1.165) is 26.5 Å². The maximum Gasteiger partial charge on any atom is 0.293 e. The van der Waals surface area contributed by atoms with Crippen LogP contribution in [-0.4, -0.2) is 293 Å². The van der Waals surface area contributed by atoms with E-state index in [9.17, 15) is 68.1 Å². The molecular weight excluding hydrogens is 1760 g/mol. The number of nitrogens with two attached hydrogens (primary N) is 3. The van der Waals surface area contributed by atoms with Crippen molar-refractivity contribution in [2.75, 3.05) is 51.9 Å². The molecule has 5 heterocycles. The number of unbranched alkanes of at least 4 members (excludes halogenated alkanes) is 2. The summed E-state index contributed by atoms with van der Waals surface area (Å²) < 4.78 is 4.97. The Morgan fingerprint density at radius 2 is 1.16 bits per heavy atom. The molecule has 22 N–H and O–H groups in total. The van der Waals surface area contributed by atoms with Crippen LogP contribution in [0.4, 0.5) is 0 Å². The number of rotatable bonds is 27. The first-order valence-corrected chi connectivity index (χ1v) is 45.7. The number of aliphatic hydroxyl groups excluding tert-OH is 2. The average molecular weight is 1880 g/mol. The van der Waals surface area contributed by atoms with Gasteiger partial charge in [0.25, 0.3) is 6.47 Å². The van der Waals surface area contributed by atoms with Gasteiger partial charge >= 0.3 is 0 Å². The van der Waals surface area contributed by atoms with Gasteiger partial charge in [-0.15, -0.1) is 11.8 Å². The van der Waals surface area contributed by atoms with Crippen molar-refractivity contribution in [1.82, 2.24) is 87.8 Å². The number of thioether (sulfide) groups is 1. The van der Waals surface area contributed by atoms with E-state index in [0.29, 0.717) is 64.2 Å². The number of H-pyrrole nitrogens is 3. The van der Waals surface area contributed by atoms with Gasteiger partial charge < -0.3 is 120 Å². The normalized spacial score (nSPS) is 25.3. The van der Waals surface area contributed by atoms with E-state index in [1.54, 1.807) is 67.8 Å². The molecule has 724 valence electrons. The number of carbonyl (C=O) groups is 19. The standard InChI is InChI=1S/C90H120N20O23S/c1-6-8-19-63-88(130)109(5)71(22-9-7-2)86(128)100-62(29-30-133-47-112)83(125)107-70(82(124)97-41-76(93)118)44-134-45-77(119)99-69(31-49-23-25-54(113)26-24-49)89(131)108(4)48(3)79(121)104-66(37-75(92)117)78(120)58-17-14-18-59(58)81(123)106-68(35-53-40-94-46-98-53)85(127)102-64(27-28-74(91)116)90(132)110-42-55(114)36-72(110)87(129)103-65(32-50-38-95-60-20-12-10-15-56(50)60)73(115)34-52(43-111)80(122)105-67(84(126)101-63)33-51-39-96-61-21-13-11-16-57(51)61/h10-13,15-16,20-21,23-26,38-40,46-48,52,55,58-59,62-72,95-96,111,113-114H,6-9,14,17-19,22,27-37,41-45H2,1-5H3,(H2,91,116)(H2,92,117)(H2,93,118)(H,94,98)(H,97,124)(H,99,119)(H,100,128)(H,101,126)(H,102,127)(H,103,129)(H,104,121)(H,105,122)(H,106,123)(H,107,125)/t48-,52-,55+,58?,59+,62-,63+,64-,65-,66-,67-,68-,69-,70?,71-,72-/m0/s1. The minimum absolute atomic E-state index is 0.00255. The van der Waals surface area contributed by atoms with Crippen LogP contribution in [-0.2, 0) is 122 Å². The van der Waals surface area contributed by atoms with Crippen LogP contribution in [0, 0.1) is 17.8 Å². The van der Waals surface area contributed by atoms with E-state index in [4.69, 9.17) is 21.9 Å². The number of ether oxygens (including phenoxy) is 1. The van der Waals surface area contributed by atoms with Crippen LogP contribution in [0.5, 0.6) is 5.75 Å². The lowest BCUT2D eigenvalue weighted by atomic mass is 9.86. The summed E-state index contributed by atoms with van der Waals surface area (Å²) in [6.45, 7) is 2.10. The van der Waals surface area contributed by atoms with E-state index in [1.165, 1.54) is 57.8 Å². The van der Waals surface area contributed by atoms with Crippen molar-refractivity contribution < 1.29 is 111 Å². The molecule has 134 heavy (non-hydrogen) atoms. The Morgan fingerprint density at radius 1 is 0.582 bits per heavy atom. The lowest BCUT2D eigenvalue weighted by Crippen LogP contribution is -2.60. The van der Waals surface area contributed by atoms with Crippen LogP contribution in [0.3, 0.4) is 0 Å². The highest BCUT2D eigenvalue weighted by molar-refractivity contribution is 8.00. The summed E-state index contributed by atoms with van der Waals surface area (Å²) in [5, 5.41) is 60.2. The lowest BCUT2D eigenvalue weighted by Gasteiger charge is -2.33. The number of aromatic hydroxyl groups is 1. The molecule has 0 bridgehead atoms. The number of amides is 16. The summed E-state index contributed by atoms with van der Waals surface area (Å²) in [7, 11) is 2.49. The molecule has 3 aromatic carbocycles. The number of benzene rings is 3. The molecule has 1 aliphatic carbocycles. The molecule has 6 aromatic rings. The predicted molar refractivity (Wildman–Crippen MR) is 484 cm³/mol. The third-order valence-corrected chi connectivity index (χ3v) is 25.2. The number of Topliss-reactive ketones (excluding diaryl/α,β-unsaturated/α-hetero) is 2. The zero-order chi connectivity index (χ0) is 97.6. The fourth-order valence-electron chi connectivity index (χ4n) is 16.6. The molecule has 16 atom stereocenters. The minimum atomic E-state index is -1.76. The number of phenolic OH excluding ortho intramolecular Hbond substituents is 1. The molecule has 9 rings (SSSR count). The number of aromatic amines is 3. The van der Waals surface area contributed by atoms with Gasteiger partial charge in [-0.3, -0.25) is 91.1 Å². The molecule has 0 spiro atoms. The molecule has 3 aliphatic rings. The average Bonchev–Trinajstić information content (AvgIpc) is 1.61. The maximum absolute atomic E-state index is 15.4. The van der Waals surface area contributed by atoms with Crippen molar-refractivity contribution in [2.24, 2.45) is 35.0 Å². The summed E-state index contributed by atoms with van der Waals surface area (Å²) in [5.74, 6) is -22.9. The Hall–Kier alpha value is -13.6. The number of carbonyl (C=O) groups excluding carboxylic acids is 19. The first kappa shape index (κ1) is 104. The van der Waals surface area contributed by atoms with Gasteiger partial charge in [-0.25, -0.2) is 4.98 Å². The Morgan fingerprint density at radius 3 is 1.77 bits per heavy atom. The number of aromatic nitrogens is 4. The molecule has 43 nitrogen and oxygen atoms in total. The summed E-state index contributed by atoms with van der Waals surface area (Å²) in [6.07, 6.45) is 1.08. The first-order valence-electron chi connectivity index (χ1n) is 44.5. The number of para-hydroxylation sites is 2. The molecule has 1 saturated carbocycles. The van der Waals surface area contributed by atoms with Gasteiger partial charge in [-0.1, -0.05) is 94.5 Å². The second-order valence-electron chi connectivity index (χ2n) is 33.9. The molecule has 44 heteroatoms. The zero-order valence-corrected chi connectivity index (χ0v) is 76.0. The zero-order valence-electron chi connectivity index (χ0n) is 75.2. The van der Waals surface area contributed by atoms with Crippen LogP contribution in [0.25, 0.3) is 21.8 Å². The molecule has 16 amide bonds. The number of aliphatic hydroxyl groups is 2. The van der Waals surface area contributed by atoms with Gasteiger partial charge in [0, 0.05) is 136 Å². The number of phenols is 1. The van der Waals surface area contributed by atoms with Crippen LogP contribution in [0.15, 0.2) is 97.7 Å². The molecule has 2 unspecified atom stereocenters. The molecule has 2 saturated heterocycles. The predicted octanol–water partition coefficient (Wildman–Crippen LogP) is -2.67. The van der Waals surface area contributed by atoms with Crippen LogP contribution >= 0.6 is 11.8 Å². The van der Waals surface area contributed by atoms with E-state index >= 15 is 38.4 Å². The molecule has 3 aromatic heterocycles. The fourth-order valence-corrected chi connectivity index (χ4v) is 17.5. The van der Waals surface area contributed by atoms with Gasteiger partial charge in [0.2, 0.25) is 94.5 Å². The number of hydrogen-bond donors (Lipinski definition) is 19. The maximum atomic E-state index is 15.4. The quantitative estimate of drug-likeness (QED) is 0.0185. The Labute approximate surface area is 775 Å². The van der Waals surface area contributed by atoms with Crippen molar-refractivity contribution in [2.45, 2.75) is 221 Å². The number of likely N-dealkylation sites (N-methyl/N-ethyl adjacent to an activating group) is 2. The topological polar surface area (TPSA) is 663 Å². The van der Waals surface area contributed by atoms with Crippen LogP contribution in [0.1, 0.15) is 139 Å². The minimum Gasteiger partial charge on any atom is -0.508 e. The van der Waals surface area contributed by atoms with Crippen LogP contribution in [0.2, 0.25) is 0 Å². The number of nitrogens with one attached hydrogen (secondary N) is 13. The number of fused-ring (bicyclic) bond motifs is 4. The monoisotopic (exact) mass is 1880 g/mol. The summed E-state index contributed by atoms with van der Waals surface area (Å²) in [5.41, 5.74) is 19.6. The first-order chi connectivity index (χ1) is 64.0. The van der Waals surface area contributed by atoms with Gasteiger partial charge in [0.15, 0.2) is 11.6 Å². The van der Waals surface area contributed by atoms with Crippen molar-refractivity contribution >= 4 is 146 Å². The number of primary amides is 3. The third-order valence-electron chi connectivity index (χ3n) is 24.2. The number of imidazole rings is 1. The van der Waals surface area contributed by atoms with Crippen molar-refractivity contribution in [3.8, 4) is 5.75 Å². The highest BCUT2D eigenvalue weighted by atomic mass is 32.2. The number of hydrogen-bond acceptors (Lipinski definition) is 25. The van der Waals surface area contributed by atoms with Crippen molar-refractivity contribution in [3.05, 3.63) is 120 Å². The Balaban J connectivity index is 1.09. The molecular formula is C90H120N20O23S. The van der Waals surface area contributed by atoms with Crippen LogP contribution < -0.4 is 70.4 Å². The van der Waals surface area contributed by atoms with E-state index < -0.39 is 279 Å². The number of ketones is 2. The smallest absolute Gasteiger partial charge is 0.293 e. The molecule has 3 fully saturated rings. The van der Waals surface area contributed by atoms with Gasteiger partial charge in [-0.2, -0.15) is 0 Å². The van der Waals surface area contributed by atoms with Crippen molar-refractivity contribution in [1.29, 1.82) is 0 Å². The van der Waals surface area contributed by atoms with Gasteiger partial charge in [0.1, 0.15) is 66.2 Å². The molecule has 2 aliphatic heterocycles. The Kier molecular flexibility index (Phi) is 39.0. The van der Waals surface area contributed by atoms with Gasteiger partial charge in [0.05, 0.1) is 62.4 Å². The SMILES string of the molecule is CCCC[C@H]1NC(=O)[C@H](Cc2c[nH]c3ccccc23)NC(=O)[C@H](CO)CC(=O)[C@H](Cc2c[nH]c3ccccc23)NC(=O)[C@@H]2C[C@@H](O)CN2C(=O)[C@H](CCC(N)=O)NC(=O)[C@H](Cc2cnc[nH]2)NC(=O)[C@@H]2CCCC2C(=O)[C@H](CC(N)=O)NC(=O)[C@H](C)N(C)C(=O)[C@H](Cc2ccc(O)cc2)NC(=O)CSCC(C(=O)NCC(N)=O)NC(=O)[C@H](CCOC=O)NC(=O)[C@H](CCCC)N(C)C1=O. The summed E-state index contributed by atoms with van der Waals surface area (Å²) in [6, 6.07) is 0.141. The Bertz CT molecular complexity index is 5200. The third kappa shape index (κ3) is 29.2. The van der Waals surface area contributed by atoms with E-state index in [2.05, 4.69) is 73.1 Å². The molecule has 0 radical (unpaired) electrons. The highest BCUT2D eigenvalue weighted by Crippen LogP contribution is 2.35. The number of nitrogens with zero attached hydrogens (tertiary/aromatic N) is 4. The van der Waals surface area contributed by atoms with Crippen molar-refractivity contribution in [3.63, 3.8) is 0 Å². The lowest BCUT2D eigenvalue weighted by molar-refractivity contribution is -0.143. The second-order valence-corrected chi connectivity index (χ2v) is 34.9. The largest absolute Gasteiger partial charge is 0.508 e. The highest BCUT2D eigenvalue weighted by Gasteiger charge is 2.47. The van der Waals surface area contributed by atoms with E-state index in [1.807, 2.05) is 6.92 Å². The van der Waals surface area contributed by atoms with E-state index in [-0.39, 0.29) is 75.7 Å². The second kappa shape index (κ2) is 50.3. The fraction of sp³-hybridized carbons (Fsp3) is 0.511. The summed E-state index contributed by atoms with van der Waals surface area (Å²) >= 11 is 0.726. The summed E-state index contributed by atoms with van der Waals surface area (Å²) in [4.78, 5) is 289.